The Hall–Kier alpha value is -5.13. The van der Waals surface area contributed by atoms with Crippen LogP contribution in [-0.2, 0) is 38.4 Å². The quantitative estimate of drug-likeness (QED) is 0.0212. The number of nitrogens with zero attached hydrogens (tertiary/aromatic N) is 1. The average molecular weight is 1010 g/mol. The number of carboxylic acid groups (broad SMARTS) is 1. The topological polar surface area (TPSA) is 398 Å². The Balaban J connectivity index is 3.33. The molecular formula is C48H90N12O11. The highest BCUT2D eigenvalue weighted by atomic mass is 16.4. The summed E-state index contributed by atoms with van der Waals surface area (Å²) in [5, 5.41) is 50.1. The maximum absolute atomic E-state index is 14.2. The van der Waals surface area contributed by atoms with Crippen molar-refractivity contribution in [1.29, 1.82) is 0 Å². The molecule has 71 heavy (non-hydrogen) atoms. The zero-order chi connectivity index (χ0) is 53.1. The first-order valence-electron chi connectivity index (χ1n) is 25.9. The van der Waals surface area contributed by atoms with Gasteiger partial charge in [-0.05, 0) is 89.6 Å². The molecule has 0 aromatic carbocycles. The fourth-order valence-corrected chi connectivity index (χ4v) is 8.25. The molecule has 0 saturated carbocycles. The first-order chi connectivity index (χ1) is 33.8. The van der Waals surface area contributed by atoms with Crippen molar-refractivity contribution in [3.63, 3.8) is 0 Å². The van der Waals surface area contributed by atoms with Crippen LogP contribution in [0.15, 0.2) is 4.99 Å². The van der Waals surface area contributed by atoms with Crippen LogP contribution in [0, 0.1) is 5.92 Å². The third kappa shape index (κ3) is 29.1. The molecule has 0 aromatic rings. The summed E-state index contributed by atoms with van der Waals surface area (Å²) in [6.07, 6.45) is 12.3. The van der Waals surface area contributed by atoms with Crippen LogP contribution in [-0.4, -0.2) is 143 Å². The molecule has 1 aliphatic rings. The first-order valence-corrected chi connectivity index (χ1v) is 25.9. The van der Waals surface area contributed by atoms with Gasteiger partial charge in [0.1, 0.15) is 30.2 Å². The normalized spacial score (nSPS) is 16.3. The summed E-state index contributed by atoms with van der Waals surface area (Å²) in [5.74, 6) is -7.14. The maximum atomic E-state index is 14.2. The molecule has 0 radical (unpaired) electrons. The van der Waals surface area contributed by atoms with Gasteiger partial charge >= 0.3 is 5.97 Å². The molecule has 23 heteroatoms. The highest BCUT2D eigenvalue weighted by Gasteiger charge is 2.36. The Morgan fingerprint density at radius 3 is 1.82 bits per heavy atom. The third-order valence-corrected chi connectivity index (χ3v) is 12.3. The number of aliphatic hydroxyl groups excluding tert-OH is 2. The van der Waals surface area contributed by atoms with Gasteiger partial charge in [-0.2, -0.15) is 0 Å². The molecule has 0 spiro atoms. The summed E-state index contributed by atoms with van der Waals surface area (Å²) < 4.78 is 0. The van der Waals surface area contributed by atoms with Crippen LogP contribution >= 0.6 is 0 Å². The number of hydrogen-bond acceptors (Lipinski definition) is 13. The number of amides is 7. The van der Waals surface area contributed by atoms with E-state index in [1.54, 1.807) is 13.8 Å². The van der Waals surface area contributed by atoms with Crippen molar-refractivity contribution >= 4 is 53.3 Å². The molecule has 8 unspecified atom stereocenters. The number of guanidine groups is 1. The van der Waals surface area contributed by atoms with E-state index in [2.05, 4.69) is 49.1 Å². The third-order valence-electron chi connectivity index (χ3n) is 12.3. The van der Waals surface area contributed by atoms with Crippen molar-refractivity contribution in [2.24, 2.45) is 33.8 Å². The van der Waals surface area contributed by atoms with Crippen LogP contribution in [0.2, 0.25) is 0 Å². The van der Waals surface area contributed by atoms with Gasteiger partial charge in [0.15, 0.2) is 5.96 Å². The van der Waals surface area contributed by atoms with Crippen molar-refractivity contribution in [2.75, 3.05) is 26.2 Å². The van der Waals surface area contributed by atoms with Gasteiger partial charge in [-0.3, -0.25) is 38.6 Å². The van der Waals surface area contributed by atoms with Gasteiger partial charge in [-0.25, -0.2) is 4.79 Å². The van der Waals surface area contributed by atoms with E-state index in [1.165, 1.54) is 38.5 Å². The Morgan fingerprint density at radius 1 is 0.662 bits per heavy atom. The van der Waals surface area contributed by atoms with Crippen molar-refractivity contribution in [2.45, 2.75) is 217 Å². The summed E-state index contributed by atoms with van der Waals surface area (Å²) in [5.41, 5.74) is 22.1. The molecule has 1 saturated heterocycles. The lowest BCUT2D eigenvalue weighted by Gasteiger charge is -2.30. The minimum absolute atomic E-state index is 0.0272. The Kier molecular flexibility index (Phi) is 33.9. The summed E-state index contributed by atoms with van der Waals surface area (Å²) in [6.45, 7) is 5.90. The van der Waals surface area contributed by atoms with Crippen LogP contribution in [0.25, 0.3) is 0 Å². The van der Waals surface area contributed by atoms with E-state index in [9.17, 15) is 53.7 Å². The first kappa shape index (κ1) is 63.9. The van der Waals surface area contributed by atoms with Gasteiger partial charge in [0, 0.05) is 19.0 Å². The zero-order valence-corrected chi connectivity index (χ0v) is 42.7. The molecule has 0 bridgehead atoms. The number of rotatable bonds is 41. The molecule has 0 aliphatic carbocycles. The zero-order valence-electron chi connectivity index (χ0n) is 42.7. The molecule has 0 aromatic heterocycles. The average Bonchev–Trinajstić information content (AvgIpc) is 3.86. The minimum atomic E-state index is -1.82. The Morgan fingerprint density at radius 2 is 1.27 bits per heavy atom. The van der Waals surface area contributed by atoms with Gasteiger partial charge in [0.25, 0.3) is 0 Å². The number of hydrogen-bond donors (Lipinski definition) is 14. The maximum Gasteiger partial charge on any atom is 0.326 e. The summed E-state index contributed by atoms with van der Waals surface area (Å²) in [4.78, 5) is 109. The molecule has 1 rings (SSSR count). The predicted octanol–water partition coefficient (Wildman–Crippen LogP) is -0.330. The number of nitrogens with one attached hydrogen (secondary N) is 7. The lowest BCUT2D eigenvalue weighted by molar-refractivity contribution is -0.142. The molecule has 1 fully saturated rings. The van der Waals surface area contributed by atoms with E-state index in [0.29, 0.717) is 51.6 Å². The number of carbonyl (C=O) groups excluding carboxylic acids is 7. The number of carbonyl (C=O) groups is 8. The molecule has 23 nitrogen and oxygen atoms in total. The summed E-state index contributed by atoms with van der Waals surface area (Å²) in [7, 11) is 0. The van der Waals surface area contributed by atoms with E-state index >= 15 is 0 Å². The number of unbranched alkanes of at least 4 members (excludes halogenated alkanes) is 11. The Bertz CT molecular complexity index is 1650. The molecule has 7 amide bonds. The van der Waals surface area contributed by atoms with Crippen LogP contribution in [0.3, 0.4) is 0 Å². The number of aliphatic imine (C=N–C) groups is 1. The smallest absolute Gasteiger partial charge is 0.326 e. The van der Waals surface area contributed by atoms with Crippen molar-refractivity contribution in [1.82, 2.24) is 37.2 Å². The Labute approximate surface area is 420 Å². The second kappa shape index (κ2) is 37.6. The van der Waals surface area contributed by atoms with Crippen molar-refractivity contribution < 1.29 is 53.7 Å². The second-order valence-corrected chi connectivity index (χ2v) is 19.1. The standard InChI is InChI=1S/C48H90N12O11/c1-4-5-6-7-8-9-10-11-12-13-14-22-40(64)56-36(29-39(50)63)43(66)55-32(19-17-27-54-48(51)52)23-24-38(62)41(60-45(68)37(30-61)59-42(65)33-21-18-26-53-33)46(69)58-35(28-31(2)3)44(67)57-34(47(70)71)20-15-16-25-49/h31-38,41,53,61-62H,4-30,49H2,1-3H3,(H2,50,63)(H,55,66)(H,56,64)(H,57,67)(H,58,69)(H,59,65)(H,60,68)(H,70,71)(H4,51,52,54). The molecule has 408 valence electrons. The van der Waals surface area contributed by atoms with E-state index in [1.807, 2.05) is 0 Å². The van der Waals surface area contributed by atoms with Crippen molar-refractivity contribution in [3.05, 3.63) is 0 Å². The van der Waals surface area contributed by atoms with E-state index in [0.717, 1.165) is 25.7 Å². The van der Waals surface area contributed by atoms with Gasteiger partial charge in [0.05, 0.1) is 25.2 Å². The van der Waals surface area contributed by atoms with Crippen molar-refractivity contribution in [3.8, 4) is 0 Å². The monoisotopic (exact) mass is 1010 g/mol. The van der Waals surface area contributed by atoms with E-state index in [4.69, 9.17) is 22.9 Å². The number of carboxylic acids is 1. The molecule has 1 aliphatic heterocycles. The molecular weight excluding hydrogens is 921 g/mol. The SMILES string of the molecule is CCCCCCCCCCCCCC(=O)NC(CC(N)=O)C(=O)NC(CCCN=C(N)N)CCC(O)C(NC(=O)C(CO)NC(=O)C1CCCN1)C(=O)NC(CC(C)C)C(=O)NC(CCCCN)C(=O)O. The lowest BCUT2D eigenvalue weighted by atomic mass is 9.97. The van der Waals surface area contributed by atoms with Gasteiger partial charge in [0.2, 0.25) is 41.4 Å². The predicted molar refractivity (Wildman–Crippen MR) is 270 cm³/mol. The van der Waals surface area contributed by atoms with Crippen LogP contribution < -0.4 is 60.2 Å². The highest BCUT2D eigenvalue weighted by molar-refractivity contribution is 5.96. The number of nitrogens with two attached hydrogens (primary N) is 4. The molecule has 8 atom stereocenters. The lowest BCUT2D eigenvalue weighted by Crippen LogP contribution is -2.62. The molecule has 18 N–H and O–H groups in total. The number of primary amides is 1. The second-order valence-electron chi connectivity index (χ2n) is 19.1. The van der Waals surface area contributed by atoms with Crippen LogP contribution in [0.5, 0.6) is 0 Å². The summed E-state index contributed by atoms with van der Waals surface area (Å²) >= 11 is 0. The van der Waals surface area contributed by atoms with Gasteiger partial charge < -0.3 is 75.5 Å². The van der Waals surface area contributed by atoms with E-state index < -0.39 is 109 Å². The molecule has 1 heterocycles. The van der Waals surface area contributed by atoms with Gasteiger partial charge in [-0.1, -0.05) is 85.0 Å². The highest BCUT2D eigenvalue weighted by Crippen LogP contribution is 2.16. The van der Waals surface area contributed by atoms with Gasteiger partial charge in [-0.15, -0.1) is 0 Å². The van der Waals surface area contributed by atoms with Crippen LogP contribution in [0.4, 0.5) is 0 Å². The van der Waals surface area contributed by atoms with E-state index in [-0.39, 0.29) is 56.9 Å². The number of aliphatic carboxylic acids is 1. The fraction of sp³-hybridized carbons (Fsp3) is 0.812. The number of aliphatic hydroxyl groups is 2. The summed E-state index contributed by atoms with van der Waals surface area (Å²) in [6, 6.07) is -8.74. The largest absolute Gasteiger partial charge is 0.480 e. The fourth-order valence-electron chi connectivity index (χ4n) is 8.25. The van der Waals surface area contributed by atoms with Crippen LogP contribution in [0.1, 0.15) is 168 Å². The minimum Gasteiger partial charge on any atom is -0.480 e.